The molecule has 9 N–H and O–H groups in total. The van der Waals surface area contributed by atoms with Gasteiger partial charge in [0.05, 0.1) is 116 Å². The Morgan fingerprint density at radius 2 is 0.733 bits per heavy atom. The van der Waals surface area contributed by atoms with Crippen LogP contribution in [0.5, 0.6) is 17.6 Å². The number of alkyl carbamates (subject to hydrolysis) is 3. The minimum Gasteiger partial charge on any atom is -0.476 e. The van der Waals surface area contributed by atoms with Crippen molar-refractivity contribution in [1.29, 1.82) is 0 Å². The van der Waals surface area contributed by atoms with Crippen molar-refractivity contribution in [1.82, 2.24) is 74.5 Å². The van der Waals surface area contributed by atoms with E-state index in [2.05, 4.69) is 60.8 Å². The van der Waals surface area contributed by atoms with E-state index in [4.69, 9.17) is 101 Å². The van der Waals surface area contributed by atoms with E-state index in [9.17, 15) is 28.1 Å². The van der Waals surface area contributed by atoms with E-state index in [0.29, 0.717) is 19.8 Å². The molecule has 0 saturated carbocycles. The standard InChI is InChI=1S/3C19H28FN6O8P/c3*1-5-29-15-12-14(24-17(21)25-15)26(9-22-12)16-19(4,20)13-11(33-16)8-32-35(28,34-13)31-7-10(3)23-18(27)30-6-2/h3*9-11,13,16H,5-8H2,1-4H3,(H,23,27)(H2,21,24,25)/t10-,11+,13+,16+,19+,35?;10-,11+,13+,16+,19+,35+;10-,11+,13+,16+,19+,35-/m000/s1. The summed E-state index contributed by atoms with van der Waals surface area (Å²) in [4.78, 5) is 71.8. The lowest BCUT2D eigenvalue weighted by Crippen LogP contribution is -2.45. The number of rotatable bonds is 24. The molecule has 3 amide bonds. The lowest BCUT2D eigenvalue weighted by molar-refractivity contribution is -0.0711. The number of carbonyl (C=O) groups excluding carboxylic acids is 3. The maximum Gasteiger partial charge on any atom is 0.475 e. The summed E-state index contributed by atoms with van der Waals surface area (Å²) < 4.78 is 188. The number of alkyl halides is 3. The molecule has 18 atom stereocenters. The zero-order valence-electron chi connectivity index (χ0n) is 59.0. The quantitative estimate of drug-likeness (QED) is 0.0285. The van der Waals surface area contributed by atoms with Crippen LogP contribution in [0.1, 0.15) is 102 Å². The van der Waals surface area contributed by atoms with Gasteiger partial charge in [0.25, 0.3) is 0 Å². The average Bonchev–Trinajstić information content (AvgIpc) is 1.59. The van der Waals surface area contributed by atoms with Crippen LogP contribution in [0.2, 0.25) is 0 Å². The fourth-order valence-corrected chi connectivity index (χ4v) is 16.2. The predicted molar refractivity (Wildman–Crippen MR) is 355 cm³/mol. The number of imidazole rings is 3. The zero-order valence-corrected chi connectivity index (χ0v) is 61.7. The zero-order chi connectivity index (χ0) is 76.1. The minimum atomic E-state index is -4.15. The van der Waals surface area contributed by atoms with Crippen molar-refractivity contribution >= 4 is 93.1 Å². The molecule has 6 saturated heterocycles. The van der Waals surface area contributed by atoms with Crippen molar-refractivity contribution in [3.05, 3.63) is 19.0 Å². The third-order valence-electron chi connectivity index (χ3n) is 16.1. The van der Waals surface area contributed by atoms with Gasteiger partial charge in [0, 0.05) is 0 Å². The van der Waals surface area contributed by atoms with E-state index in [0.717, 1.165) is 0 Å². The van der Waals surface area contributed by atoms with Gasteiger partial charge in [-0.15, -0.1) is 0 Å². The molecule has 48 heteroatoms. The van der Waals surface area contributed by atoms with Gasteiger partial charge >= 0.3 is 41.7 Å². The van der Waals surface area contributed by atoms with Gasteiger partial charge in [0.2, 0.25) is 35.5 Å². The van der Waals surface area contributed by atoms with Crippen molar-refractivity contribution in [3.63, 3.8) is 0 Å². The van der Waals surface area contributed by atoms with Gasteiger partial charge in [0.15, 0.2) is 69.2 Å². The van der Waals surface area contributed by atoms with E-state index in [1.165, 1.54) is 53.5 Å². The summed E-state index contributed by atoms with van der Waals surface area (Å²) in [5, 5.41) is 7.50. The third kappa shape index (κ3) is 17.6. The SMILES string of the molecule is CCOC(=O)N[C@@H](C)COP1(=O)OC[C@H]2O[C@@H](n3cnc4c(OCC)nc(N)nc43)[C@](C)(F)[C@@H]2O1.CCOC(=O)N[C@@H](C)CO[P@@]1(=O)OC[C@H]2O[C@@H](n3cnc4c(OCC)nc(N)nc43)[C@](C)(F)[C@@H]2O1.CCOC(=O)N[C@@H](C)CO[P@]1(=O)OC[C@H]2O[C@@H](n3cnc4c(OCC)nc(N)nc43)[C@](C)(F)[C@@H]2O1. The Labute approximate surface area is 596 Å². The molecule has 0 spiro atoms. The summed E-state index contributed by atoms with van der Waals surface area (Å²) >= 11 is 0. The fraction of sp³-hybridized carbons (Fsp3) is 0.684. The molecule has 1 unspecified atom stereocenters. The number of nitrogens with zero attached hydrogens (tertiary/aromatic N) is 12. The molecule has 0 aromatic carbocycles. The number of nitrogens with two attached hydrogens (primary N) is 3. The Bertz CT molecular complexity index is 3810. The van der Waals surface area contributed by atoms with Crippen molar-refractivity contribution < 1.29 is 125 Å². The molecule has 582 valence electrons. The third-order valence-corrected chi connectivity index (χ3v) is 20.4. The van der Waals surface area contributed by atoms with Gasteiger partial charge in [-0.2, -0.15) is 29.9 Å². The van der Waals surface area contributed by atoms with Gasteiger partial charge in [-0.3, -0.25) is 54.4 Å². The number of ether oxygens (including phenoxy) is 9. The molecule has 6 aromatic rings. The highest BCUT2D eigenvalue weighted by Crippen LogP contribution is 2.63. The molecule has 6 aliphatic heterocycles. The van der Waals surface area contributed by atoms with Crippen LogP contribution in [0.3, 0.4) is 0 Å². The normalized spacial score (nSPS) is 31.2. The molecular weight excluding hydrogens is 1470 g/mol. The summed E-state index contributed by atoms with van der Waals surface area (Å²) in [6.07, 6.45) is -8.27. The molecular formula is C57H84F3N18O24P3. The van der Waals surface area contributed by atoms with Crippen molar-refractivity contribution in [2.24, 2.45) is 0 Å². The number of phosphoric acid groups is 3. The minimum absolute atomic E-state index is 0.0818. The van der Waals surface area contributed by atoms with Gasteiger partial charge in [-0.05, 0) is 83.1 Å². The number of amides is 3. The second-order valence-electron chi connectivity index (χ2n) is 24.5. The first kappa shape index (κ1) is 79.8. The number of hydrogen-bond acceptors (Lipinski definition) is 36. The highest BCUT2D eigenvalue weighted by atomic mass is 31.2. The molecule has 6 fully saturated rings. The smallest absolute Gasteiger partial charge is 0.475 e. The molecule has 0 radical (unpaired) electrons. The van der Waals surface area contributed by atoms with E-state index in [1.807, 2.05) is 0 Å². The predicted octanol–water partition coefficient (Wildman–Crippen LogP) is 6.32. The van der Waals surface area contributed by atoms with Crippen LogP contribution in [-0.4, -0.2) is 228 Å². The Balaban J connectivity index is 0.000000169. The van der Waals surface area contributed by atoms with E-state index in [-0.39, 0.29) is 128 Å². The van der Waals surface area contributed by atoms with E-state index >= 15 is 13.2 Å². The molecule has 0 bridgehead atoms. The lowest BCUT2D eigenvalue weighted by Gasteiger charge is -2.34. The Morgan fingerprint density at radius 3 is 0.971 bits per heavy atom. The molecule has 12 rings (SSSR count). The number of hydrogen-bond donors (Lipinski definition) is 6. The summed E-state index contributed by atoms with van der Waals surface area (Å²) in [5.41, 5.74) is 12.3. The molecule has 0 aliphatic carbocycles. The summed E-state index contributed by atoms with van der Waals surface area (Å²) in [5.74, 6) is 0.235. The highest BCUT2D eigenvalue weighted by Gasteiger charge is 2.65. The first-order valence-corrected chi connectivity index (χ1v) is 37.5. The monoisotopic (exact) mass is 1550 g/mol. The number of anilines is 3. The Kier molecular flexibility index (Phi) is 24.9. The van der Waals surface area contributed by atoms with Crippen LogP contribution < -0.4 is 47.4 Å². The number of fused-ring (bicyclic) bond motifs is 6. The van der Waals surface area contributed by atoms with E-state index < -0.39 is 132 Å². The number of nitrogens with one attached hydrogen (secondary N) is 3. The lowest BCUT2D eigenvalue weighted by atomic mass is 9.98. The second kappa shape index (κ2) is 32.8. The van der Waals surface area contributed by atoms with Crippen molar-refractivity contribution in [2.45, 2.75) is 174 Å². The Morgan fingerprint density at radius 1 is 0.476 bits per heavy atom. The van der Waals surface area contributed by atoms with Crippen molar-refractivity contribution in [2.75, 3.05) is 96.5 Å². The number of halogens is 3. The van der Waals surface area contributed by atoms with Crippen LogP contribution in [0.25, 0.3) is 33.5 Å². The van der Waals surface area contributed by atoms with Crippen molar-refractivity contribution in [3.8, 4) is 17.6 Å². The van der Waals surface area contributed by atoms with Crippen LogP contribution in [0.4, 0.5) is 45.4 Å². The molecule has 6 aliphatic rings. The average molecular weight is 1560 g/mol. The summed E-state index contributed by atoms with van der Waals surface area (Å²) in [7, 11) is -12.5. The summed E-state index contributed by atoms with van der Waals surface area (Å²) in [6.45, 7) is 19.0. The van der Waals surface area contributed by atoms with Crippen LogP contribution in [-0.2, 0) is 82.8 Å². The van der Waals surface area contributed by atoms with Gasteiger partial charge in [-0.25, -0.2) is 56.2 Å². The number of aromatic nitrogens is 12. The Hall–Kier alpha value is -7.74. The first-order chi connectivity index (χ1) is 49.7. The molecule has 42 nitrogen and oxygen atoms in total. The largest absolute Gasteiger partial charge is 0.476 e. The van der Waals surface area contributed by atoms with Gasteiger partial charge < -0.3 is 75.8 Å². The van der Waals surface area contributed by atoms with Crippen LogP contribution in [0, 0.1) is 0 Å². The highest BCUT2D eigenvalue weighted by molar-refractivity contribution is 7.49. The molecule has 105 heavy (non-hydrogen) atoms. The maximum absolute atomic E-state index is 16.1. The van der Waals surface area contributed by atoms with E-state index in [1.54, 1.807) is 62.3 Å². The molecule has 12 heterocycles. The fourth-order valence-electron chi connectivity index (χ4n) is 11.5. The number of carbonyl (C=O) groups is 3. The number of nitrogen functional groups attached to an aromatic ring is 3. The molecule has 6 aromatic heterocycles. The second-order valence-corrected chi connectivity index (χ2v) is 29.3. The topological polar surface area (TPSA) is 514 Å². The first-order valence-electron chi connectivity index (χ1n) is 33.2. The number of phosphoric ester groups is 3. The maximum atomic E-state index is 16.1. The van der Waals surface area contributed by atoms with Crippen LogP contribution in [0.15, 0.2) is 19.0 Å². The van der Waals surface area contributed by atoms with Crippen LogP contribution >= 0.6 is 23.5 Å². The van der Waals surface area contributed by atoms with Gasteiger partial charge in [0.1, 0.15) is 36.6 Å². The van der Waals surface area contributed by atoms with Gasteiger partial charge in [-0.1, -0.05) is 0 Å². The summed E-state index contributed by atoms with van der Waals surface area (Å²) in [6, 6.07) is -1.72.